The van der Waals surface area contributed by atoms with E-state index in [1.165, 1.54) is 24.5 Å². The number of aromatic nitrogens is 1. The van der Waals surface area contributed by atoms with Crippen molar-refractivity contribution in [2.75, 3.05) is 12.4 Å². The number of carbonyl (C=O) groups excluding carboxylic acids is 2. The van der Waals surface area contributed by atoms with Crippen LogP contribution in [-0.2, 0) is 9.53 Å². The van der Waals surface area contributed by atoms with Crippen molar-refractivity contribution in [1.82, 2.24) is 4.98 Å². The largest absolute Gasteiger partial charge is 0.465 e. The lowest BCUT2D eigenvalue weighted by Crippen LogP contribution is -2.15. The second-order valence-electron chi connectivity index (χ2n) is 5.62. The van der Waals surface area contributed by atoms with Crippen LogP contribution in [0.15, 0.2) is 66.5 Å². The number of hydrogen-bond donors (Lipinski definition) is 1. The molecule has 0 aliphatic carbocycles. The van der Waals surface area contributed by atoms with Crippen LogP contribution in [-0.4, -0.2) is 24.0 Å². The summed E-state index contributed by atoms with van der Waals surface area (Å²) < 4.78 is 4.82. The summed E-state index contributed by atoms with van der Waals surface area (Å²) >= 11 is 1.24. The third kappa shape index (κ3) is 4.31. The third-order valence-electron chi connectivity index (χ3n) is 3.80. The van der Waals surface area contributed by atoms with Gasteiger partial charge in [0.15, 0.2) is 0 Å². The number of nitrogens with zero attached hydrogens (tertiary/aromatic N) is 2. The van der Waals surface area contributed by atoms with Crippen LogP contribution >= 0.6 is 11.3 Å². The van der Waals surface area contributed by atoms with E-state index in [9.17, 15) is 14.9 Å². The fourth-order valence-corrected chi connectivity index (χ4v) is 3.48. The van der Waals surface area contributed by atoms with E-state index in [0.717, 1.165) is 10.4 Å². The maximum atomic E-state index is 12.6. The molecule has 3 rings (SSSR count). The SMILES string of the molecule is COC(=O)c1cc(-c2ccccc2)sc1NC(=O)/C(C#N)=C\c1ccncc1. The maximum Gasteiger partial charge on any atom is 0.340 e. The van der Waals surface area contributed by atoms with Gasteiger partial charge < -0.3 is 10.1 Å². The summed E-state index contributed by atoms with van der Waals surface area (Å²) in [6.45, 7) is 0. The van der Waals surface area contributed by atoms with E-state index < -0.39 is 11.9 Å². The summed E-state index contributed by atoms with van der Waals surface area (Å²) in [5, 5.41) is 12.3. The van der Waals surface area contributed by atoms with Crippen LogP contribution in [0, 0.1) is 11.3 Å². The Kier molecular flexibility index (Phi) is 5.94. The molecule has 1 amide bonds. The number of anilines is 1. The summed E-state index contributed by atoms with van der Waals surface area (Å²) in [6.07, 6.45) is 4.60. The topological polar surface area (TPSA) is 92.1 Å². The molecule has 0 spiro atoms. The fourth-order valence-electron chi connectivity index (χ4n) is 2.44. The zero-order valence-electron chi connectivity index (χ0n) is 14.9. The van der Waals surface area contributed by atoms with Crippen molar-refractivity contribution >= 4 is 34.3 Å². The second kappa shape index (κ2) is 8.75. The Balaban J connectivity index is 1.93. The van der Waals surface area contributed by atoms with E-state index >= 15 is 0 Å². The molecule has 0 unspecified atom stereocenters. The highest BCUT2D eigenvalue weighted by Crippen LogP contribution is 2.36. The van der Waals surface area contributed by atoms with Gasteiger partial charge in [-0.2, -0.15) is 5.26 Å². The molecule has 0 atom stereocenters. The lowest BCUT2D eigenvalue weighted by Gasteiger charge is -2.04. The Morgan fingerprint density at radius 3 is 2.54 bits per heavy atom. The van der Waals surface area contributed by atoms with Crippen LogP contribution in [0.25, 0.3) is 16.5 Å². The number of carbonyl (C=O) groups is 2. The molecule has 0 saturated heterocycles. The molecule has 3 aromatic rings. The third-order valence-corrected chi connectivity index (χ3v) is 4.90. The highest BCUT2D eigenvalue weighted by atomic mass is 32.1. The Hall–Kier alpha value is -3.76. The number of amides is 1. The van der Waals surface area contributed by atoms with Crippen molar-refractivity contribution in [3.05, 3.63) is 77.6 Å². The molecule has 2 heterocycles. The predicted octanol–water partition coefficient (Wildman–Crippen LogP) is 4.14. The first-order valence-electron chi connectivity index (χ1n) is 8.23. The maximum absolute atomic E-state index is 12.6. The number of nitriles is 1. The average Bonchev–Trinajstić information content (AvgIpc) is 3.16. The molecule has 0 fully saturated rings. The Bertz CT molecular complexity index is 1070. The van der Waals surface area contributed by atoms with Crippen molar-refractivity contribution in [2.24, 2.45) is 0 Å². The molecule has 7 heteroatoms. The van der Waals surface area contributed by atoms with Gasteiger partial charge in [0.25, 0.3) is 5.91 Å². The normalized spacial score (nSPS) is 10.8. The minimum Gasteiger partial charge on any atom is -0.465 e. The number of ether oxygens (including phenoxy) is 1. The standard InChI is InChI=1S/C21H15N3O3S/c1-27-21(26)17-12-18(15-5-3-2-4-6-15)28-20(17)24-19(25)16(13-22)11-14-7-9-23-10-8-14/h2-12H,1H3,(H,24,25)/b16-11-. The fraction of sp³-hybridized carbons (Fsp3) is 0.0476. The molecule has 2 aromatic heterocycles. The highest BCUT2D eigenvalue weighted by molar-refractivity contribution is 7.20. The monoisotopic (exact) mass is 389 g/mol. The van der Waals surface area contributed by atoms with Gasteiger partial charge in [0.2, 0.25) is 0 Å². The van der Waals surface area contributed by atoms with E-state index in [0.29, 0.717) is 10.6 Å². The molecule has 6 nitrogen and oxygen atoms in total. The van der Waals surface area contributed by atoms with Gasteiger partial charge in [0.1, 0.15) is 16.6 Å². The minimum atomic E-state index is -0.606. The lowest BCUT2D eigenvalue weighted by molar-refractivity contribution is -0.112. The van der Waals surface area contributed by atoms with E-state index in [2.05, 4.69) is 10.3 Å². The molecular formula is C21H15N3O3S. The van der Waals surface area contributed by atoms with E-state index in [-0.39, 0.29) is 11.1 Å². The van der Waals surface area contributed by atoms with E-state index in [4.69, 9.17) is 4.74 Å². The number of esters is 1. The molecule has 138 valence electrons. The summed E-state index contributed by atoms with van der Waals surface area (Å²) in [5.41, 5.74) is 1.73. The van der Waals surface area contributed by atoms with Gasteiger partial charge in [-0.15, -0.1) is 11.3 Å². The number of nitrogens with one attached hydrogen (secondary N) is 1. The Labute approximate surface area is 165 Å². The predicted molar refractivity (Wildman–Crippen MR) is 108 cm³/mol. The van der Waals surface area contributed by atoms with E-state index in [1.807, 2.05) is 36.4 Å². The number of benzene rings is 1. The van der Waals surface area contributed by atoms with Crippen molar-refractivity contribution in [2.45, 2.75) is 0 Å². The summed E-state index contributed by atoms with van der Waals surface area (Å²) in [7, 11) is 1.28. The molecule has 0 saturated carbocycles. The van der Waals surface area contributed by atoms with Gasteiger partial charge in [0.05, 0.1) is 12.7 Å². The zero-order valence-corrected chi connectivity index (χ0v) is 15.7. The number of hydrogen-bond acceptors (Lipinski definition) is 6. The second-order valence-corrected chi connectivity index (χ2v) is 6.67. The van der Waals surface area contributed by atoms with Crippen LogP contribution in [0.3, 0.4) is 0 Å². The van der Waals surface area contributed by atoms with Crippen molar-refractivity contribution in [3.8, 4) is 16.5 Å². The van der Waals surface area contributed by atoms with Gasteiger partial charge >= 0.3 is 5.97 Å². The highest BCUT2D eigenvalue weighted by Gasteiger charge is 2.20. The van der Waals surface area contributed by atoms with Crippen LogP contribution in [0.1, 0.15) is 15.9 Å². The number of methoxy groups -OCH3 is 1. The van der Waals surface area contributed by atoms with Gasteiger partial charge in [-0.25, -0.2) is 4.79 Å². The van der Waals surface area contributed by atoms with Crippen LogP contribution in [0.2, 0.25) is 0 Å². The molecule has 0 aliphatic rings. The molecular weight excluding hydrogens is 374 g/mol. The molecule has 0 aliphatic heterocycles. The Morgan fingerprint density at radius 1 is 1.18 bits per heavy atom. The zero-order chi connectivity index (χ0) is 19.9. The minimum absolute atomic E-state index is 0.0864. The van der Waals surface area contributed by atoms with Crippen molar-refractivity contribution < 1.29 is 14.3 Å². The molecule has 0 bridgehead atoms. The number of thiophene rings is 1. The van der Waals surface area contributed by atoms with Crippen LogP contribution in [0.5, 0.6) is 0 Å². The van der Waals surface area contributed by atoms with Gasteiger partial charge in [-0.1, -0.05) is 30.3 Å². The van der Waals surface area contributed by atoms with Crippen molar-refractivity contribution in [3.63, 3.8) is 0 Å². The van der Waals surface area contributed by atoms with Crippen molar-refractivity contribution in [1.29, 1.82) is 5.26 Å². The first-order valence-corrected chi connectivity index (χ1v) is 9.04. The molecule has 1 N–H and O–H groups in total. The smallest absolute Gasteiger partial charge is 0.340 e. The lowest BCUT2D eigenvalue weighted by atomic mass is 10.1. The average molecular weight is 389 g/mol. The van der Waals surface area contributed by atoms with Gasteiger partial charge in [-0.05, 0) is 35.4 Å². The van der Waals surface area contributed by atoms with Gasteiger partial charge in [0, 0.05) is 17.3 Å². The van der Waals surface area contributed by atoms with Gasteiger partial charge in [-0.3, -0.25) is 9.78 Å². The molecule has 28 heavy (non-hydrogen) atoms. The summed E-state index contributed by atoms with van der Waals surface area (Å²) in [4.78, 5) is 29.4. The molecule has 1 aromatic carbocycles. The van der Waals surface area contributed by atoms with Crippen LogP contribution in [0.4, 0.5) is 5.00 Å². The van der Waals surface area contributed by atoms with E-state index in [1.54, 1.807) is 30.6 Å². The molecule has 0 radical (unpaired) electrons. The van der Waals surface area contributed by atoms with Crippen LogP contribution < -0.4 is 5.32 Å². The number of pyridine rings is 1. The summed E-state index contributed by atoms with van der Waals surface area (Å²) in [6, 6.07) is 16.4. The quantitative estimate of drug-likeness (QED) is 0.402. The Morgan fingerprint density at radius 2 is 1.89 bits per heavy atom. The first-order chi connectivity index (χ1) is 13.6. The summed E-state index contributed by atoms with van der Waals surface area (Å²) in [5.74, 6) is -1.17. The number of rotatable bonds is 5. The first kappa shape index (κ1) is 19.0.